The number of hydrogen-bond donors (Lipinski definition) is 4. The molecule has 9 saturated heterocycles. The predicted octanol–water partition coefficient (Wildman–Crippen LogP) is 8.38. The molecule has 8 unspecified atom stereocenters. The summed E-state index contributed by atoms with van der Waals surface area (Å²) in [6.07, 6.45) is 23.1. The zero-order chi connectivity index (χ0) is 80.1. The molecule has 17 nitrogen and oxygen atoms in total. The zero-order valence-electron chi connectivity index (χ0n) is 62.0. The lowest BCUT2D eigenvalue weighted by atomic mass is 10.1. The molecular weight excluding hydrogens is 2150 g/mol. The number of aromatic nitrogens is 4. The van der Waals surface area contributed by atoms with E-state index in [1.54, 1.807) is 137 Å². The van der Waals surface area contributed by atoms with Crippen LogP contribution in [0.25, 0.3) is 0 Å². The normalized spacial score (nSPS) is 21.0. The van der Waals surface area contributed by atoms with Gasteiger partial charge in [0.05, 0.1) is 19.3 Å². The van der Waals surface area contributed by atoms with Crippen LogP contribution in [0, 0.1) is 36.9 Å². The first-order chi connectivity index (χ1) is 53.5. The Morgan fingerprint density at radius 2 is 0.829 bits per heavy atom. The van der Waals surface area contributed by atoms with Crippen LogP contribution in [0.3, 0.4) is 0 Å². The highest BCUT2D eigenvalue weighted by molar-refractivity contribution is 14.1. The lowest BCUT2D eigenvalue weighted by Gasteiger charge is -2.47. The molecule has 0 aromatic carbocycles. The first-order valence-corrected chi connectivity index (χ1v) is 73.3. The summed E-state index contributed by atoms with van der Waals surface area (Å²) >= 11 is 13.9. The van der Waals surface area contributed by atoms with E-state index in [-0.39, 0.29) is 11.2 Å². The van der Waals surface area contributed by atoms with Crippen molar-refractivity contribution < 1.29 is 28.2 Å². The van der Waals surface area contributed by atoms with Crippen molar-refractivity contribution in [2.75, 3.05) is 80.3 Å². The number of fused-ring (bicyclic) bond motifs is 8. The van der Waals surface area contributed by atoms with Crippen LogP contribution < -0.4 is 36.0 Å². The van der Waals surface area contributed by atoms with Crippen LogP contribution in [0.2, 0.25) is 19.6 Å². The number of nitrogens with one attached hydrogen (secondary N) is 4. The highest BCUT2D eigenvalue weighted by Gasteiger charge is 2.44. The Kier molecular flexibility index (Phi) is 53.0. The molecule has 9 fully saturated rings. The van der Waals surface area contributed by atoms with Gasteiger partial charge in [0.15, 0.2) is 0 Å². The number of carbonyl (C=O) groups excluding carboxylic acids is 2. The third kappa shape index (κ3) is 42.7. The molecular formula is C64H91FI2N12O5S26Si. The molecule has 0 spiro atoms. The molecule has 4 N–H and O–H groups in total. The topological polar surface area (TPSA) is 174 Å². The largest absolute Gasteiger partial charge is 0.462 e. The summed E-state index contributed by atoms with van der Waals surface area (Å²) in [6.45, 7) is 29.5. The van der Waals surface area contributed by atoms with Crippen molar-refractivity contribution in [2.45, 2.75) is 178 Å². The Hall–Kier alpha value is 1.15. The van der Waals surface area contributed by atoms with Gasteiger partial charge in [-0.2, -0.15) is 4.39 Å². The monoisotopic (exact) mass is 2240 g/mol. The minimum absolute atomic E-state index is 0.318. The summed E-state index contributed by atoms with van der Waals surface area (Å²) < 4.78 is 28.6. The van der Waals surface area contributed by atoms with Crippen molar-refractivity contribution >= 4 is 319 Å². The van der Waals surface area contributed by atoms with E-state index >= 15 is 0 Å². The van der Waals surface area contributed by atoms with Gasteiger partial charge in [-0.25, -0.2) is 19.9 Å². The Balaban J connectivity index is 0.000000207. The van der Waals surface area contributed by atoms with Gasteiger partial charge < -0.3 is 50.2 Å². The van der Waals surface area contributed by atoms with Gasteiger partial charge >= 0.3 is 0 Å². The summed E-state index contributed by atoms with van der Waals surface area (Å²) in [5.41, 5.74) is 4.65. The minimum Gasteiger partial charge on any atom is -0.462 e. The first-order valence-electron chi connectivity index (χ1n) is 34.3. The van der Waals surface area contributed by atoms with E-state index in [0.717, 1.165) is 96.7 Å². The molecule has 4 aromatic rings. The average Bonchev–Trinajstić information content (AvgIpc) is 1.66. The number of nitrogens with zero attached hydrogens (tertiary/aromatic N) is 8. The number of rotatable bonds is 6. The second-order valence-corrected chi connectivity index (χ2v) is 77.2. The molecule has 618 valence electrons. The number of halogens is 3. The van der Waals surface area contributed by atoms with Gasteiger partial charge in [0.1, 0.15) is 36.7 Å². The number of likely N-dealkylation sites (tertiary alicyclic amines) is 1. The van der Waals surface area contributed by atoms with Crippen molar-refractivity contribution in [3.63, 3.8) is 0 Å². The van der Waals surface area contributed by atoms with Crippen molar-refractivity contribution in [1.82, 2.24) is 46.1 Å². The maximum Gasteiger partial charge on any atom is 0.293 e. The van der Waals surface area contributed by atoms with Crippen LogP contribution in [0.5, 0.6) is 0 Å². The second kappa shape index (κ2) is 58.3. The third-order valence-electron chi connectivity index (χ3n) is 16.4. The van der Waals surface area contributed by atoms with E-state index in [2.05, 4.69) is 183 Å². The van der Waals surface area contributed by atoms with Crippen molar-refractivity contribution in [3.8, 4) is 23.8 Å². The lowest BCUT2D eigenvalue weighted by Crippen LogP contribution is -2.61. The van der Waals surface area contributed by atoms with Gasteiger partial charge in [-0.15, -0.1) is 12.0 Å². The average molecular weight is 2240 g/mol. The van der Waals surface area contributed by atoms with Gasteiger partial charge in [-0.3, -0.25) is 14.5 Å². The number of piperazine rings is 4. The smallest absolute Gasteiger partial charge is 0.293 e. The van der Waals surface area contributed by atoms with Crippen LogP contribution in [0.1, 0.15) is 104 Å². The second-order valence-electron chi connectivity index (χ2n) is 27.5. The number of carbonyl (C=O) groups is 2. The van der Waals surface area contributed by atoms with Crippen LogP contribution >= 0.6 is 45.2 Å². The van der Waals surface area contributed by atoms with E-state index in [1.165, 1.54) is 98.1 Å². The standard InChI is InChI=1S/C16H19N3O.C16H23N3Si.C11H14IN3.C6H12N2.C5H3FIN.2C5H10O2.S26/c1-2-12-3-6-16(17-7-12)19-13-4-5-14(19)9-18(8-13)15-10-20-11-15;1-20(2,3)9-8-13-4-7-16(18-10-13)19-14-5-6-15(19)12-17-11-14;12-8-1-4-11(14-5-8)15-9-2-3-10(15)7-13-6-9;1-2-6-4-7-3-5(1)8-6;6-5-2-1-4(7)3-8-5;2*1-5(2,3)7-4-6;1-3-5-7-9-11-13-15-17-19-21-23-25-26-24-22-20-18-16-14-12-10-8-6-4-2/h1,3,6-7,13-15H,4-5,8-11H2;4,7,10,14-15,17H,5-6,11-12H2,1-3H3;1,4-5,9-10,13H,2-3,6-7H2;5-8H,1-4H2;1-3H;2*4H,1-3H3;. The van der Waals surface area contributed by atoms with Crippen molar-refractivity contribution in [2.24, 2.45) is 0 Å². The van der Waals surface area contributed by atoms with Crippen LogP contribution in [0.4, 0.5) is 21.8 Å². The van der Waals surface area contributed by atoms with Gasteiger partial charge in [0.25, 0.3) is 12.9 Å². The fourth-order valence-electron chi connectivity index (χ4n) is 11.9. The van der Waals surface area contributed by atoms with Crippen LogP contribution in [-0.2, 0) is 259 Å². The Morgan fingerprint density at radius 3 is 1.11 bits per heavy atom. The quantitative estimate of drug-likeness (QED) is 0.0476. The highest BCUT2D eigenvalue weighted by Crippen LogP contribution is 2.36. The molecule has 13 rings (SSSR count). The number of hydrogen-bond acceptors (Lipinski definition) is 19. The summed E-state index contributed by atoms with van der Waals surface area (Å²) in [5.74, 6) is 8.84. The van der Waals surface area contributed by atoms with Gasteiger partial charge in [-0.1, -0.05) is 31.5 Å². The van der Waals surface area contributed by atoms with E-state index in [1.807, 2.05) is 131 Å². The van der Waals surface area contributed by atoms with E-state index < -0.39 is 14.0 Å². The van der Waals surface area contributed by atoms with Crippen LogP contribution in [0.15, 0.2) is 73.3 Å². The van der Waals surface area contributed by atoms with Crippen LogP contribution in [-0.4, -0.2) is 177 Å². The first kappa shape index (κ1) is 101. The number of pyridine rings is 4. The highest BCUT2D eigenvalue weighted by atomic mass is 127. The van der Waals surface area contributed by atoms with Crippen molar-refractivity contribution in [3.05, 3.63) is 97.5 Å². The fourth-order valence-corrected chi connectivity index (χ4v) is 73.4. The fraction of sp³-hybridized carbons (Fsp3) is 0.594. The third-order valence-corrected chi connectivity index (χ3v) is 69.7. The maximum absolute atomic E-state index is 12.0. The van der Waals surface area contributed by atoms with Gasteiger partial charge in [0.2, 0.25) is 5.95 Å². The molecule has 0 radical (unpaired) electrons. The molecule has 8 bridgehead atoms. The molecule has 8 atom stereocenters. The predicted molar refractivity (Wildman–Crippen MR) is 548 cm³/mol. The summed E-state index contributed by atoms with van der Waals surface area (Å²) in [4.78, 5) is 46.5. The Bertz CT molecular complexity index is 4740. The SMILES string of the molecule is C#Cc1ccc(N2C3CCC2CN(C2COC2)C3)nc1.C1CC2CNCC1N2.CC(C)(C)OC=O.CC(C)(C)OC=O.C[Si](C)(C)C#Cc1ccc(N2C3CCC2CNC3)nc1.Fc1ccc(I)cn1.Ic1ccc(N2C3CCC2CNC3)nc1.S=S=S=S=S=S=S=S=S=S=S=S=S=S=S=S=S=S=S=S=S=S=S=S=S=S. The summed E-state index contributed by atoms with van der Waals surface area (Å²) in [5, 5.41) is 13.9. The molecule has 0 saturated carbocycles. The number of terminal acetylenes is 1. The zero-order valence-corrected chi connectivity index (χ0v) is 88.5. The van der Waals surface area contributed by atoms with E-state index in [4.69, 9.17) is 33.5 Å². The molecule has 9 aliphatic heterocycles. The number of ether oxygens (including phenoxy) is 3. The van der Waals surface area contributed by atoms with Gasteiger partial charge in [-0.05, 0) is 187 Å². The maximum atomic E-state index is 12.0. The molecule has 47 heteroatoms. The van der Waals surface area contributed by atoms with E-state index in [9.17, 15) is 14.0 Å². The Labute approximate surface area is 761 Å². The number of anilines is 3. The molecule has 4 aromatic heterocycles. The Morgan fingerprint density at radius 1 is 0.486 bits per heavy atom. The molecule has 111 heavy (non-hydrogen) atoms. The van der Waals surface area contributed by atoms with Gasteiger partial charge in [0, 0.05) is 379 Å². The summed E-state index contributed by atoms with van der Waals surface area (Å²) in [6, 6.07) is 21.6. The summed E-state index contributed by atoms with van der Waals surface area (Å²) in [7, 11) is 40.5. The van der Waals surface area contributed by atoms with E-state index in [0.29, 0.717) is 55.2 Å². The molecule has 0 amide bonds. The minimum atomic E-state index is -1.31. The molecule has 0 aliphatic carbocycles. The van der Waals surface area contributed by atoms with Crippen molar-refractivity contribution in [1.29, 1.82) is 0 Å². The lowest BCUT2D eigenvalue weighted by molar-refractivity contribution is -0.139. The molecule has 9 aliphatic rings. The molecule has 13 heterocycles.